The van der Waals surface area contributed by atoms with E-state index in [4.69, 9.17) is 0 Å². The second kappa shape index (κ2) is 27.3. The zero-order valence-corrected chi connectivity index (χ0v) is 70.0. The van der Waals surface area contributed by atoms with Crippen molar-refractivity contribution in [1.82, 2.24) is 0 Å². The van der Waals surface area contributed by atoms with Gasteiger partial charge in [-0.05, 0) is 109 Å². The van der Waals surface area contributed by atoms with Gasteiger partial charge < -0.3 is 0 Å². The van der Waals surface area contributed by atoms with E-state index in [9.17, 15) is 0 Å². The highest BCUT2D eigenvalue weighted by Crippen LogP contribution is 2.78. The second-order valence-corrected chi connectivity index (χ2v) is 52.0. The molecule has 12 aliphatic heterocycles. The minimum absolute atomic E-state index is 1.32. The lowest BCUT2D eigenvalue weighted by Crippen LogP contribution is -1.91. The van der Waals surface area contributed by atoms with Crippen LogP contribution in [0.25, 0.3) is 0 Å². The van der Waals surface area contributed by atoms with Crippen molar-refractivity contribution in [3.8, 4) is 0 Å². The molecule has 2 aliphatic carbocycles. The summed E-state index contributed by atoms with van der Waals surface area (Å²) in [5.41, 5.74) is 13.8. The van der Waals surface area contributed by atoms with E-state index in [0.29, 0.717) is 0 Å². The van der Waals surface area contributed by atoms with Gasteiger partial charge in [-0.1, -0.05) is 385 Å². The molecule has 2 fully saturated rings. The van der Waals surface area contributed by atoms with Gasteiger partial charge in [-0.2, -0.15) is 0 Å². The molecule has 0 aromatic heterocycles. The van der Waals surface area contributed by atoms with Crippen LogP contribution >= 0.6 is 282 Å². The molecule has 0 amide bonds. The number of thioether (sulfide) groups is 24. The summed E-state index contributed by atoms with van der Waals surface area (Å²) in [5.74, 6) is 0. The minimum atomic E-state index is 1.32. The SMILES string of the molecule is C(C=C1C(=C2Sc3ccccc3S2)C(=C2Sc3ccccc3S2)C(=C2Sc3ccccc3S2)C1=C1Sc2ccccc2S1)=C1SC2=C(S1)SC(=C1SC3=C(S1)SC(=C1C(=C4Sc5ccccc5S4)C(=C4Sc5ccccc5S4)C(=C4Sc5ccccc5S4)C1=C1Sc4ccccc4S1)S3)S2. The largest absolute Gasteiger partial charge is 0.0809 e. The standard InChI is InChI=1S/C76H34S24/c1-2-18-37-36(17-1)77-62(78-37)53-35(54(63-79-38-19-3-4-20-39(38)80-63)56(65-83-42-23-7-8-24-43(42)84-65)55(53)64-81-40-21-5-6-22-41(40)82-64)33-34-52-93-71-72(94-52)98-75(97-71)76-99-73-74(100-76)96-70(95-73)61-59(68-89-48-29-13-14-30-49(48)90-68)57(66-85-44-25-9-10-26-45(44)86-66)58(67-87-46-27-11-12-28-47(46)88-67)60(61)69-91-50-31-15-16-32-51(50)92-69/h1-34H. The normalized spacial score (nSPS) is 20.7. The summed E-state index contributed by atoms with van der Waals surface area (Å²) in [6.45, 7) is 0. The zero-order valence-electron chi connectivity index (χ0n) is 50.4. The van der Waals surface area contributed by atoms with Gasteiger partial charge in [0.25, 0.3) is 0 Å². The van der Waals surface area contributed by atoms with Crippen LogP contribution in [0.4, 0.5) is 0 Å². The number of fused-ring (bicyclic) bond motifs is 8. The Morgan fingerprint density at radius 2 is 0.270 bits per heavy atom. The lowest BCUT2D eigenvalue weighted by molar-refractivity contribution is 1.27. The molecule has 0 radical (unpaired) electrons. The molecule has 8 aromatic carbocycles. The Labute approximate surface area is 680 Å². The molecule has 0 bridgehead atoms. The quantitative estimate of drug-likeness (QED) is 0.153. The Hall–Kier alpha value is -1.48. The zero-order chi connectivity index (χ0) is 65.3. The van der Waals surface area contributed by atoms with Crippen LogP contribution in [0.5, 0.6) is 0 Å². The fraction of sp³-hybridized carbons (Fsp3) is 0. The van der Waals surface area contributed by atoms with Crippen LogP contribution in [0.1, 0.15) is 0 Å². The van der Waals surface area contributed by atoms with Crippen molar-refractivity contribution in [2.75, 3.05) is 0 Å². The first-order valence-corrected chi connectivity index (χ1v) is 50.4. The van der Waals surface area contributed by atoms with Gasteiger partial charge in [-0.25, -0.2) is 0 Å². The van der Waals surface area contributed by atoms with Gasteiger partial charge in [0, 0.05) is 128 Å². The number of hydrogen-bond acceptors (Lipinski definition) is 24. The van der Waals surface area contributed by atoms with E-state index in [1.165, 1.54) is 202 Å². The third-order valence-corrected chi connectivity index (χ3v) is 49.0. The van der Waals surface area contributed by atoms with E-state index < -0.39 is 0 Å². The van der Waals surface area contributed by atoms with Crippen molar-refractivity contribution in [3.63, 3.8) is 0 Å². The molecular weight excluding hydrogens is 1680 g/mol. The molecule has 100 heavy (non-hydrogen) atoms. The van der Waals surface area contributed by atoms with E-state index in [-0.39, 0.29) is 0 Å². The molecule has 482 valence electrons. The first-order chi connectivity index (χ1) is 49.4. The lowest BCUT2D eigenvalue weighted by Gasteiger charge is -2.14. The summed E-state index contributed by atoms with van der Waals surface area (Å²) in [6.07, 6.45) is 5.00. The summed E-state index contributed by atoms with van der Waals surface area (Å²) in [7, 11) is 0. The summed E-state index contributed by atoms with van der Waals surface area (Å²) >= 11 is 47.4. The summed E-state index contributed by atoms with van der Waals surface area (Å²) in [5, 5.41) is 0. The molecular formula is C76H34S24. The van der Waals surface area contributed by atoms with Crippen LogP contribution in [0.15, 0.2) is 408 Å². The smallest absolute Gasteiger partial charge is 0.0718 e. The third kappa shape index (κ3) is 11.6. The van der Waals surface area contributed by atoms with E-state index in [1.54, 1.807) is 0 Å². The lowest BCUT2D eigenvalue weighted by atomic mass is 10.1. The maximum atomic E-state index is 2.53. The minimum Gasteiger partial charge on any atom is -0.0809 e. The fourth-order valence-electron chi connectivity index (χ4n) is 12.5. The van der Waals surface area contributed by atoms with Crippen molar-refractivity contribution in [3.05, 3.63) is 330 Å². The van der Waals surface area contributed by atoms with Crippen molar-refractivity contribution in [1.29, 1.82) is 0 Å². The van der Waals surface area contributed by atoms with Crippen molar-refractivity contribution in [2.24, 2.45) is 0 Å². The average molecular weight is 1720 g/mol. The molecule has 8 aromatic rings. The van der Waals surface area contributed by atoms with Crippen molar-refractivity contribution >= 4 is 282 Å². The molecule has 0 spiro atoms. The van der Waals surface area contributed by atoms with Crippen LogP contribution in [0.2, 0.25) is 0 Å². The van der Waals surface area contributed by atoms with Gasteiger partial charge in [-0.15, -0.1) is 0 Å². The first-order valence-electron chi connectivity index (χ1n) is 30.8. The van der Waals surface area contributed by atoms with Crippen LogP contribution in [0.3, 0.4) is 0 Å². The molecule has 0 atom stereocenters. The first kappa shape index (κ1) is 65.6. The average Bonchev–Trinajstić information content (AvgIpc) is 1.56. The number of rotatable bonds is 1. The molecule has 14 aliphatic rings. The Bertz CT molecular complexity index is 5130. The Morgan fingerprint density at radius 3 is 0.460 bits per heavy atom. The molecule has 0 nitrogen and oxygen atoms in total. The molecule has 12 heterocycles. The maximum Gasteiger partial charge on any atom is 0.0718 e. The molecule has 22 rings (SSSR count). The van der Waals surface area contributed by atoms with Gasteiger partial charge in [0.1, 0.15) is 0 Å². The van der Waals surface area contributed by atoms with E-state index in [1.807, 2.05) is 282 Å². The van der Waals surface area contributed by atoms with Gasteiger partial charge in [0.2, 0.25) is 0 Å². The van der Waals surface area contributed by atoms with E-state index in [2.05, 4.69) is 206 Å². The Morgan fingerprint density at radius 1 is 0.130 bits per heavy atom. The second-order valence-electron chi connectivity index (χ2n) is 22.8. The van der Waals surface area contributed by atoms with Crippen LogP contribution in [0, 0.1) is 0 Å². The maximum absolute atomic E-state index is 2.53. The van der Waals surface area contributed by atoms with Crippen LogP contribution < -0.4 is 0 Å². The van der Waals surface area contributed by atoms with Gasteiger partial charge in [0.15, 0.2) is 0 Å². The molecule has 2 saturated carbocycles. The van der Waals surface area contributed by atoms with Crippen molar-refractivity contribution < 1.29 is 0 Å². The summed E-state index contributed by atoms with van der Waals surface area (Å²) in [4.78, 5) is 21.4. The van der Waals surface area contributed by atoms with Gasteiger partial charge >= 0.3 is 0 Å². The van der Waals surface area contributed by atoms with E-state index in [0.717, 1.165) is 0 Å². The highest BCUT2D eigenvalue weighted by atomic mass is 32.3. The Kier molecular flexibility index (Phi) is 17.9. The van der Waals surface area contributed by atoms with Gasteiger partial charge in [-0.3, -0.25) is 0 Å². The highest BCUT2D eigenvalue weighted by molar-refractivity contribution is 8.51. The predicted octanol–water partition coefficient (Wildman–Crippen LogP) is 32.2. The van der Waals surface area contributed by atoms with E-state index >= 15 is 0 Å². The summed E-state index contributed by atoms with van der Waals surface area (Å²) < 4.78 is 22.2. The molecule has 0 saturated heterocycles. The number of allylic oxidation sites excluding steroid dienone is 12. The monoisotopic (exact) mass is 1710 g/mol. The van der Waals surface area contributed by atoms with Crippen LogP contribution in [-0.2, 0) is 0 Å². The third-order valence-electron chi connectivity index (χ3n) is 16.8. The topological polar surface area (TPSA) is 0 Å². The van der Waals surface area contributed by atoms with Crippen LogP contribution in [-0.4, -0.2) is 0 Å². The number of benzene rings is 8. The predicted molar refractivity (Wildman–Crippen MR) is 466 cm³/mol. The number of hydrogen-bond donors (Lipinski definition) is 0. The van der Waals surface area contributed by atoms with Gasteiger partial charge in [0.05, 0.1) is 67.8 Å². The Balaban J connectivity index is 0.622. The molecule has 0 unspecified atom stereocenters. The van der Waals surface area contributed by atoms with Crippen molar-refractivity contribution in [2.45, 2.75) is 78.3 Å². The molecule has 24 heteroatoms. The molecule has 0 N–H and O–H groups in total. The summed E-state index contributed by atoms with van der Waals surface area (Å²) in [6, 6.07) is 72.2. The fourth-order valence-corrected chi connectivity index (χ4v) is 46.2. The highest BCUT2D eigenvalue weighted by Gasteiger charge is 2.49.